The van der Waals surface area contributed by atoms with E-state index >= 15 is 0 Å². The monoisotopic (exact) mass is 548 g/mol. The van der Waals surface area contributed by atoms with Crippen molar-refractivity contribution in [3.05, 3.63) is 65.3 Å². The summed E-state index contributed by atoms with van der Waals surface area (Å²) in [7, 11) is 0. The zero-order valence-electron chi connectivity index (χ0n) is 22.8. The van der Waals surface area contributed by atoms with Gasteiger partial charge < -0.3 is 10.2 Å². The van der Waals surface area contributed by atoms with Crippen molar-refractivity contribution in [1.29, 1.82) is 0 Å². The molecule has 0 bridgehead atoms. The lowest BCUT2D eigenvalue weighted by atomic mass is 10.0. The second kappa shape index (κ2) is 12.8. The molecule has 0 spiro atoms. The summed E-state index contributed by atoms with van der Waals surface area (Å²) in [6, 6.07) is 14.4. The van der Waals surface area contributed by atoms with Crippen LogP contribution in [0.25, 0.3) is 11.3 Å². The third-order valence-electron chi connectivity index (χ3n) is 6.20. The summed E-state index contributed by atoms with van der Waals surface area (Å²) < 4.78 is 0. The van der Waals surface area contributed by atoms with E-state index in [0.717, 1.165) is 30.1 Å². The molecule has 1 saturated carbocycles. The van der Waals surface area contributed by atoms with E-state index in [1.807, 2.05) is 50.2 Å². The summed E-state index contributed by atoms with van der Waals surface area (Å²) in [5.41, 5.74) is 6.92. The zero-order chi connectivity index (χ0) is 27.9. The normalized spacial score (nSPS) is 13.7. The van der Waals surface area contributed by atoms with E-state index in [2.05, 4.69) is 44.9 Å². The molecule has 3 aromatic rings. The third kappa shape index (κ3) is 7.86. The first-order valence-corrected chi connectivity index (χ1v) is 14.2. The molecule has 1 aliphatic rings. The summed E-state index contributed by atoms with van der Waals surface area (Å²) in [6.07, 6.45) is 2.66. The first-order chi connectivity index (χ1) is 18.7. The van der Waals surface area contributed by atoms with Gasteiger partial charge >= 0.3 is 0 Å². The Morgan fingerprint density at radius 1 is 0.897 bits per heavy atom. The smallest absolute Gasteiger partial charge is 0.289 e. The average molecular weight is 549 g/mol. The molecule has 0 radical (unpaired) electrons. The number of nitrogens with one attached hydrogen (secondary N) is 3. The van der Waals surface area contributed by atoms with Crippen LogP contribution in [0.4, 0.5) is 5.13 Å². The maximum Gasteiger partial charge on any atom is 0.289 e. The Labute approximate surface area is 233 Å². The first kappa shape index (κ1) is 28.2. The van der Waals surface area contributed by atoms with Crippen molar-refractivity contribution in [2.75, 3.05) is 11.4 Å². The number of carbonyl (C=O) groups excluding carboxylic acids is 3. The standard InChI is InChI=1S/C29H36N6O3S/c1-18(2)15-24(31-26(36)23-12-8-11-22(30-23)20-9-6-5-7-10-20)27(37)33-34-28(38)25-17-39-29(32-25)35(16-19(3)4)21-13-14-21/h5-12,17-19,21,24H,13-16H2,1-4H3,(H,31,36)(H,33,37)(H,34,38). The number of aromatic nitrogens is 2. The fourth-order valence-electron chi connectivity index (χ4n) is 4.20. The van der Waals surface area contributed by atoms with E-state index < -0.39 is 23.8 Å². The van der Waals surface area contributed by atoms with Crippen molar-refractivity contribution in [1.82, 2.24) is 26.1 Å². The molecule has 1 unspecified atom stereocenters. The predicted molar refractivity (Wildman–Crippen MR) is 153 cm³/mol. The lowest BCUT2D eigenvalue weighted by Gasteiger charge is -2.23. The molecule has 2 aromatic heterocycles. The highest BCUT2D eigenvalue weighted by atomic mass is 32.1. The van der Waals surface area contributed by atoms with Crippen LogP contribution in [0, 0.1) is 11.8 Å². The number of nitrogens with zero attached hydrogens (tertiary/aromatic N) is 3. The number of thiazole rings is 1. The molecule has 206 valence electrons. The highest BCUT2D eigenvalue weighted by molar-refractivity contribution is 7.14. The number of rotatable bonds is 11. The van der Waals surface area contributed by atoms with Crippen molar-refractivity contribution in [3.63, 3.8) is 0 Å². The Morgan fingerprint density at radius 2 is 1.64 bits per heavy atom. The van der Waals surface area contributed by atoms with Gasteiger partial charge in [0.1, 0.15) is 17.4 Å². The second-order valence-electron chi connectivity index (χ2n) is 10.7. The van der Waals surface area contributed by atoms with E-state index in [-0.39, 0.29) is 17.3 Å². The number of hydrazine groups is 1. The van der Waals surface area contributed by atoms with Crippen LogP contribution < -0.4 is 21.1 Å². The molecule has 9 nitrogen and oxygen atoms in total. The predicted octanol–water partition coefficient (Wildman–Crippen LogP) is 4.44. The van der Waals surface area contributed by atoms with Crippen LogP contribution in [0.3, 0.4) is 0 Å². The van der Waals surface area contributed by atoms with Gasteiger partial charge in [0.15, 0.2) is 5.13 Å². The summed E-state index contributed by atoms with van der Waals surface area (Å²) in [4.78, 5) is 50.1. The SMILES string of the molecule is CC(C)CC(NC(=O)c1cccc(-c2ccccc2)n1)C(=O)NNC(=O)c1csc(N(CC(C)C)C2CC2)n1. The van der Waals surface area contributed by atoms with Gasteiger partial charge in [-0.15, -0.1) is 11.3 Å². The number of pyridine rings is 1. The summed E-state index contributed by atoms with van der Waals surface area (Å²) in [6.45, 7) is 9.12. The van der Waals surface area contributed by atoms with Crippen LogP contribution in [0.15, 0.2) is 53.9 Å². The van der Waals surface area contributed by atoms with Gasteiger partial charge in [-0.25, -0.2) is 9.97 Å². The van der Waals surface area contributed by atoms with Gasteiger partial charge in [-0.1, -0.05) is 64.1 Å². The number of hydrogen-bond donors (Lipinski definition) is 3. The lowest BCUT2D eigenvalue weighted by molar-refractivity contribution is -0.124. The minimum Gasteiger partial charge on any atom is -0.345 e. The van der Waals surface area contributed by atoms with Crippen molar-refractivity contribution < 1.29 is 14.4 Å². The van der Waals surface area contributed by atoms with E-state index in [1.54, 1.807) is 17.5 Å². The van der Waals surface area contributed by atoms with Gasteiger partial charge in [0.05, 0.1) is 5.69 Å². The number of hydrogen-bond acceptors (Lipinski definition) is 7. The van der Waals surface area contributed by atoms with Gasteiger partial charge in [0.2, 0.25) is 0 Å². The van der Waals surface area contributed by atoms with E-state index in [4.69, 9.17) is 0 Å². The summed E-state index contributed by atoms with van der Waals surface area (Å²) >= 11 is 1.43. The Kier molecular flexibility index (Phi) is 9.29. The molecule has 1 atom stereocenters. The van der Waals surface area contributed by atoms with E-state index in [9.17, 15) is 14.4 Å². The van der Waals surface area contributed by atoms with Crippen LogP contribution in [0.1, 0.15) is 67.9 Å². The highest BCUT2D eigenvalue weighted by Crippen LogP contribution is 2.34. The quantitative estimate of drug-likeness (QED) is 0.305. The molecule has 39 heavy (non-hydrogen) atoms. The second-order valence-corrected chi connectivity index (χ2v) is 11.5. The summed E-state index contributed by atoms with van der Waals surface area (Å²) in [5.74, 6) is -0.877. The van der Waals surface area contributed by atoms with Crippen LogP contribution in [0.2, 0.25) is 0 Å². The Balaban J connectivity index is 1.38. The molecule has 3 N–H and O–H groups in total. The average Bonchev–Trinajstić information content (AvgIpc) is 3.65. The molecule has 1 fully saturated rings. The lowest BCUT2D eigenvalue weighted by Crippen LogP contribution is -2.52. The van der Waals surface area contributed by atoms with Crippen LogP contribution in [0.5, 0.6) is 0 Å². The van der Waals surface area contributed by atoms with E-state index in [1.165, 1.54) is 11.3 Å². The van der Waals surface area contributed by atoms with Crippen LogP contribution in [-0.4, -0.2) is 46.3 Å². The highest BCUT2D eigenvalue weighted by Gasteiger charge is 2.32. The Hall–Kier alpha value is -3.79. The minimum atomic E-state index is -0.859. The van der Waals surface area contributed by atoms with Crippen molar-refractivity contribution in [2.45, 2.75) is 59.0 Å². The molecule has 2 heterocycles. The van der Waals surface area contributed by atoms with Crippen molar-refractivity contribution in [2.24, 2.45) is 11.8 Å². The van der Waals surface area contributed by atoms with Gasteiger partial charge in [0, 0.05) is 23.5 Å². The molecule has 10 heteroatoms. The molecule has 4 rings (SSSR count). The molecule has 0 aliphatic heterocycles. The molecule has 3 amide bonds. The van der Waals surface area contributed by atoms with Crippen molar-refractivity contribution in [3.8, 4) is 11.3 Å². The number of amides is 3. The van der Waals surface area contributed by atoms with Crippen molar-refractivity contribution >= 4 is 34.2 Å². The molecule has 1 aromatic carbocycles. The molecular formula is C29H36N6O3S. The molecule has 1 aliphatic carbocycles. The van der Waals surface area contributed by atoms with E-state index in [0.29, 0.717) is 24.1 Å². The Bertz CT molecular complexity index is 1290. The Morgan fingerprint density at radius 3 is 2.31 bits per heavy atom. The minimum absolute atomic E-state index is 0.121. The van der Waals surface area contributed by atoms with Gasteiger partial charge in [-0.3, -0.25) is 25.2 Å². The van der Waals surface area contributed by atoms with Crippen LogP contribution >= 0.6 is 11.3 Å². The number of benzene rings is 1. The maximum atomic E-state index is 13.0. The van der Waals surface area contributed by atoms with Gasteiger partial charge in [-0.2, -0.15) is 0 Å². The third-order valence-corrected chi connectivity index (χ3v) is 7.08. The summed E-state index contributed by atoms with van der Waals surface area (Å²) in [5, 5.41) is 5.30. The van der Waals surface area contributed by atoms with Gasteiger partial charge in [0.25, 0.3) is 17.7 Å². The molecular weight excluding hydrogens is 512 g/mol. The van der Waals surface area contributed by atoms with Crippen LogP contribution in [-0.2, 0) is 4.79 Å². The van der Waals surface area contributed by atoms with Gasteiger partial charge in [-0.05, 0) is 43.2 Å². The topological polar surface area (TPSA) is 116 Å². The fourth-order valence-corrected chi connectivity index (χ4v) is 5.09. The fraction of sp³-hybridized carbons (Fsp3) is 0.414. The molecule has 0 saturated heterocycles. The zero-order valence-corrected chi connectivity index (χ0v) is 23.6. The number of anilines is 1. The number of carbonyl (C=O) groups is 3. The maximum absolute atomic E-state index is 13.0. The largest absolute Gasteiger partial charge is 0.345 e. The first-order valence-electron chi connectivity index (χ1n) is 13.4.